The number of ether oxygens (including phenoxy) is 1. The average Bonchev–Trinajstić information content (AvgIpc) is 2.94. The molecule has 27 heavy (non-hydrogen) atoms. The summed E-state index contributed by atoms with van der Waals surface area (Å²) < 4.78 is 5.18. The first-order chi connectivity index (χ1) is 12.6. The van der Waals surface area contributed by atoms with E-state index in [-0.39, 0.29) is 6.42 Å². The predicted octanol–water partition coefficient (Wildman–Crippen LogP) is 4.20. The zero-order valence-electron chi connectivity index (χ0n) is 16.6. The van der Waals surface area contributed by atoms with Crippen LogP contribution in [0.4, 0.5) is 4.79 Å². The summed E-state index contributed by atoms with van der Waals surface area (Å²) in [4.78, 5) is 26.9. The molecule has 2 aromatic rings. The maximum atomic E-state index is 12.0. The summed E-state index contributed by atoms with van der Waals surface area (Å²) in [6, 6.07) is 4.90. The van der Waals surface area contributed by atoms with Crippen LogP contribution in [0.1, 0.15) is 45.7 Å². The van der Waals surface area contributed by atoms with Crippen molar-refractivity contribution in [3.63, 3.8) is 0 Å². The molecule has 3 N–H and O–H groups in total. The molecule has 0 aliphatic carbocycles. The zero-order chi connectivity index (χ0) is 20.2. The number of alkyl carbamates (subject to hydrolysis) is 1. The molecule has 0 bridgehead atoms. The van der Waals surface area contributed by atoms with Gasteiger partial charge in [-0.1, -0.05) is 23.8 Å². The fourth-order valence-corrected chi connectivity index (χ4v) is 2.85. The lowest BCUT2D eigenvalue weighted by molar-refractivity contribution is -0.139. The first-order valence-corrected chi connectivity index (χ1v) is 9.00. The fourth-order valence-electron chi connectivity index (χ4n) is 2.85. The van der Waals surface area contributed by atoms with Crippen molar-refractivity contribution >= 4 is 23.0 Å². The molecule has 0 saturated carbocycles. The third-order valence-electron chi connectivity index (χ3n) is 4.02. The summed E-state index contributed by atoms with van der Waals surface area (Å²) in [7, 11) is 0. The first-order valence-electron chi connectivity index (χ1n) is 9.00. The van der Waals surface area contributed by atoms with Gasteiger partial charge in [0, 0.05) is 23.5 Å². The van der Waals surface area contributed by atoms with Crippen molar-refractivity contribution in [1.29, 1.82) is 0 Å². The Bertz CT molecular complexity index is 855. The van der Waals surface area contributed by atoms with Gasteiger partial charge in [-0.2, -0.15) is 0 Å². The van der Waals surface area contributed by atoms with Crippen molar-refractivity contribution in [3.8, 4) is 0 Å². The zero-order valence-corrected chi connectivity index (χ0v) is 16.6. The highest BCUT2D eigenvalue weighted by Crippen LogP contribution is 2.25. The Hall–Kier alpha value is -2.76. The highest BCUT2D eigenvalue weighted by molar-refractivity contribution is 5.88. The fraction of sp³-hybridized carbons (Fsp3) is 0.429. The lowest BCUT2D eigenvalue weighted by Gasteiger charge is -2.22. The van der Waals surface area contributed by atoms with Crippen LogP contribution in [-0.2, 0) is 22.4 Å². The molecule has 0 radical (unpaired) electrons. The first kappa shape index (κ1) is 20.6. The Morgan fingerprint density at radius 3 is 2.56 bits per heavy atom. The molecule has 146 valence electrons. The van der Waals surface area contributed by atoms with Gasteiger partial charge < -0.3 is 20.1 Å². The number of carbonyl (C=O) groups excluding carboxylic acids is 1. The Morgan fingerprint density at radius 1 is 1.26 bits per heavy atom. The van der Waals surface area contributed by atoms with Crippen LogP contribution in [0.15, 0.2) is 36.0 Å². The number of hydrogen-bond acceptors (Lipinski definition) is 3. The van der Waals surface area contributed by atoms with Gasteiger partial charge in [-0.3, -0.25) is 0 Å². The molecule has 0 spiro atoms. The number of benzene rings is 1. The second kappa shape index (κ2) is 8.29. The van der Waals surface area contributed by atoms with Crippen LogP contribution in [0.3, 0.4) is 0 Å². The normalized spacial score (nSPS) is 12.5. The molecule has 1 aromatic heterocycles. The van der Waals surface area contributed by atoms with E-state index in [4.69, 9.17) is 4.74 Å². The molecule has 0 saturated heterocycles. The molecule has 1 aromatic carbocycles. The van der Waals surface area contributed by atoms with Gasteiger partial charge in [-0.15, -0.1) is 0 Å². The molecule has 0 unspecified atom stereocenters. The number of H-pyrrole nitrogens is 1. The average molecular weight is 372 g/mol. The number of carboxylic acids is 1. The summed E-state index contributed by atoms with van der Waals surface area (Å²) in [5, 5.41) is 13.0. The maximum Gasteiger partial charge on any atom is 0.408 e. The van der Waals surface area contributed by atoms with E-state index < -0.39 is 23.7 Å². The lowest BCUT2D eigenvalue weighted by Crippen LogP contribution is -2.44. The molecule has 0 aliphatic rings. The molecule has 2 rings (SSSR count). The Labute approximate surface area is 159 Å². The predicted molar refractivity (Wildman–Crippen MR) is 106 cm³/mol. The van der Waals surface area contributed by atoms with Crippen molar-refractivity contribution in [2.24, 2.45) is 0 Å². The summed E-state index contributed by atoms with van der Waals surface area (Å²) >= 11 is 0. The van der Waals surface area contributed by atoms with Crippen LogP contribution >= 0.6 is 0 Å². The molecule has 1 heterocycles. The molecule has 0 fully saturated rings. The number of carboxylic acid groups (broad SMARTS) is 1. The van der Waals surface area contributed by atoms with E-state index in [1.807, 2.05) is 38.2 Å². The Morgan fingerprint density at radius 2 is 1.96 bits per heavy atom. The van der Waals surface area contributed by atoms with Gasteiger partial charge in [-0.05, 0) is 58.2 Å². The summed E-state index contributed by atoms with van der Waals surface area (Å²) in [5.74, 6) is -1.10. The second-order valence-electron chi connectivity index (χ2n) is 7.88. The van der Waals surface area contributed by atoms with Crippen molar-refractivity contribution in [2.75, 3.05) is 0 Å². The van der Waals surface area contributed by atoms with E-state index in [0.29, 0.717) is 0 Å². The number of aromatic amines is 1. The number of allylic oxidation sites excluding steroid dienone is 2. The minimum atomic E-state index is -1.10. The number of nitrogens with one attached hydrogen (secondary N) is 2. The number of aliphatic carboxylic acids is 1. The van der Waals surface area contributed by atoms with Crippen LogP contribution in [-0.4, -0.2) is 33.8 Å². The lowest BCUT2D eigenvalue weighted by atomic mass is 9.99. The maximum absolute atomic E-state index is 12.0. The van der Waals surface area contributed by atoms with Gasteiger partial charge in [0.2, 0.25) is 0 Å². The third kappa shape index (κ3) is 5.88. The van der Waals surface area contributed by atoms with Crippen LogP contribution in [0.5, 0.6) is 0 Å². The Balaban J connectivity index is 2.28. The van der Waals surface area contributed by atoms with Crippen LogP contribution in [0.25, 0.3) is 10.9 Å². The molecule has 6 nitrogen and oxygen atoms in total. The van der Waals surface area contributed by atoms with Crippen LogP contribution in [0.2, 0.25) is 0 Å². The van der Waals surface area contributed by atoms with E-state index in [2.05, 4.69) is 16.4 Å². The van der Waals surface area contributed by atoms with Gasteiger partial charge in [0.1, 0.15) is 11.6 Å². The number of hydrogen-bond donors (Lipinski definition) is 3. The van der Waals surface area contributed by atoms with Gasteiger partial charge in [0.15, 0.2) is 0 Å². The number of rotatable bonds is 6. The second-order valence-corrected chi connectivity index (χ2v) is 7.88. The SMILES string of the molecule is CC(C)=CCc1cccc2[nH]cc(C[C@H](NC(=O)OC(C)(C)C)C(=O)O)c12. The number of carbonyl (C=O) groups is 2. The van der Waals surface area contributed by atoms with Crippen molar-refractivity contribution in [2.45, 2.75) is 59.1 Å². The van der Waals surface area contributed by atoms with Crippen LogP contribution < -0.4 is 5.32 Å². The largest absolute Gasteiger partial charge is 0.480 e. The number of amides is 1. The van der Waals surface area contributed by atoms with E-state index in [9.17, 15) is 14.7 Å². The monoisotopic (exact) mass is 372 g/mol. The topological polar surface area (TPSA) is 91.4 Å². The summed E-state index contributed by atoms with van der Waals surface area (Å²) in [6.45, 7) is 9.29. The molecule has 1 amide bonds. The molecule has 0 aliphatic heterocycles. The Kier molecular flexibility index (Phi) is 6.31. The van der Waals surface area contributed by atoms with E-state index in [1.54, 1.807) is 20.8 Å². The standard InChI is InChI=1S/C21H28N2O4/c1-13(2)9-10-14-7-6-8-16-18(14)15(12-22-16)11-17(19(24)25)23-20(26)27-21(3,4)5/h6-9,12,17,22H,10-11H2,1-5H3,(H,23,26)(H,24,25)/t17-/m0/s1. The van der Waals surface area contributed by atoms with Crippen molar-refractivity contribution in [3.05, 3.63) is 47.2 Å². The van der Waals surface area contributed by atoms with E-state index in [0.717, 1.165) is 28.5 Å². The number of aromatic nitrogens is 1. The molecular formula is C21H28N2O4. The van der Waals surface area contributed by atoms with Gasteiger partial charge >= 0.3 is 12.1 Å². The van der Waals surface area contributed by atoms with E-state index in [1.165, 1.54) is 5.57 Å². The third-order valence-corrected chi connectivity index (χ3v) is 4.02. The highest BCUT2D eigenvalue weighted by Gasteiger charge is 2.25. The molecular weight excluding hydrogens is 344 g/mol. The number of fused-ring (bicyclic) bond motifs is 1. The molecule has 6 heteroatoms. The smallest absolute Gasteiger partial charge is 0.408 e. The van der Waals surface area contributed by atoms with Crippen LogP contribution in [0, 0.1) is 0 Å². The quantitative estimate of drug-likeness (QED) is 0.663. The van der Waals surface area contributed by atoms with E-state index >= 15 is 0 Å². The minimum Gasteiger partial charge on any atom is -0.480 e. The van der Waals surface area contributed by atoms with Crippen molar-refractivity contribution < 1.29 is 19.4 Å². The summed E-state index contributed by atoms with van der Waals surface area (Å²) in [6.07, 6.45) is 4.14. The molecule has 1 atom stereocenters. The van der Waals surface area contributed by atoms with Gasteiger partial charge in [-0.25, -0.2) is 9.59 Å². The van der Waals surface area contributed by atoms with Gasteiger partial charge in [0.05, 0.1) is 0 Å². The van der Waals surface area contributed by atoms with Gasteiger partial charge in [0.25, 0.3) is 0 Å². The van der Waals surface area contributed by atoms with Crippen molar-refractivity contribution in [1.82, 2.24) is 10.3 Å². The highest BCUT2D eigenvalue weighted by atomic mass is 16.6. The minimum absolute atomic E-state index is 0.167. The summed E-state index contributed by atoms with van der Waals surface area (Å²) in [5.41, 5.74) is 3.45.